The number of ether oxygens (including phenoxy) is 2. The van der Waals surface area contributed by atoms with E-state index in [4.69, 9.17) is 14.6 Å². The van der Waals surface area contributed by atoms with Gasteiger partial charge in [-0.05, 0) is 6.42 Å². The molecule has 82 valence electrons. The van der Waals surface area contributed by atoms with Crippen LogP contribution < -0.4 is 0 Å². The zero-order valence-electron chi connectivity index (χ0n) is 8.44. The fourth-order valence-electron chi connectivity index (χ4n) is 1.28. The molecule has 1 aliphatic heterocycles. The summed E-state index contributed by atoms with van der Waals surface area (Å²) >= 11 is 0. The van der Waals surface area contributed by atoms with E-state index in [9.17, 15) is 4.79 Å². The topological polar surface area (TPSA) is 59.0 Å². The van der Waals surface area contributed by atoms with Crippen LogP contribution in [0.25, 0.3) is 0 Å². The van der Waals surface area contributed by atoms with Crippen molar-refractivity contribution < 1.29 is 19.4 Å². The molecule has 1 atom stereocenters. The SMILES string of the molecule is CCCOC(=O)N1CCOC(CO)C1. The van der Waals surface area contributed by atoms with Gasteiger partial charge in [0.25, 0.3) is 0 Å². The van der Waals surface area contributed by atoms with Gasteiger partial charge in [0.2, 0.25) is 0 Å². The van der Waals surface area contributed by atoms with Crippen molar-refractivity contribution in [1.82, 2.24) is 4.90 Å². The lowest BCUT2D eigenvalue weighted by atomic mass is 10.3. The zero-order valence-corrected chi connectivity index (χ0v) is 8.44. The summed E-state index contributed by atoms with van der Waals surface area (Å²) < 4.78 is 10.2. The second kappa shape index (κ2) is 5.82. The molecule has 1 amide bonds. The van der Waals surface area contributed by atoms with Crippen LogP contribution in [0.15, 0.2) is 0 Å². The van der Waals surface area contributed by atoms with E-state index in [0.29, 0.717) is 26.3 Å². The van der Waals surface area contributed by atoms with E-state index in [2.05, 4.69) is 0 Å². The fraction of sp³-hybridized carbons (Fsp3) is 0.889. The molecule has 5 nitrogen and oxygen atoms in total. The summed E-state index contributed by atoms with van der Waals surface area (Å²) in [5.41, 5.74) is 0. The van der Waals surface area contributed by atoms with Crippen LogP contribution >= 0.6 is 0 Å². The fourth-order valence-corrected chi connectivity index (χ4v) is 1.28. The predicted molar refractivity (Wildman–Crippen MR) is 50.0 cm³/mol. The van der Waals surface area contributed by atoms with Crippen LogP contribution in [-0.2, 0) is 9.47 Å². The number of morpholine rings is 1. The first-order chi connectivity index (χ1) is 6.77. The van der Waals surface area contributed by atoms with Crippen molar-refractivity contribution >= 4 is 6.09 Å². The second-order valence-electron chi connectivity index (χ2n) is 3.24. The van der Waals surface area contributed by atoms with Crippen molar-refractivity contribution in [3.63, 3.8) is 0 Å². The minimum atomic E-state index is -0.311. The first-order valence-corrected chi connectivity index (χ1v) is 4.92. The summed E-state index contributed by atoms with van der Waals surface area (Å²) in [5, 5.41) is 8.86. The van der Waals surface area contributed by atoms with E-state index >= 15 is 0 Å². The van der Waals surface area contributed by atoms with E-state index in [1.165, 1.54) is 0 Å². The molecule has 0 spiro atoms. The summed E-state index contributed by atoms with van der Waals surface area (Å²) in [5.74, 6) is 0. The Kier molecular flexibility index (Phi) is 4.69. The molecule has 1 heterocycles. The molecular formula is C9H17NO4. The molecule has 14 heavy (non-hydrogen) atoms. The van der Waals surface area contributed by atoms with Gasteiger partial charge in [-0.15, -0.1) is 0 Å². The molecule has 0 bridgehead atoms. The second-order valence-corrected chi connectivity index (χ2v) is 3.24. The Bertz CT molecular complexity index is 186. The summed E-state index contributed by atoms with van der Waals surface area (Å²) in [6.45, 7) is 3.76. The Labute approximate surface area is 83.6 Å². The summed E-state index contributed by atoms with van der Waals surface area (Å²) in [7, 11) is 0. The molecule has 0 radical (unpaired) electrons. The van der Waals surface area contributed by atoms with Crippen LogP contribution in [0.4, 0.5) is 4.79 Å². The number of hydrogen-bond donors (Lipinski definition) is 1. The van der Waals surface area contributed by atoms with Crippen molar-refractivity contribution in [1.29, 1.82) is 0 Å². The first kappa shape index (κ1) is 11.3. The average molecular weight is 203 g/mol. The minimum Gasteiger partial charge on any atom is -0.449 e. The predicted octanol–water partition coefficient (Wildman–Crippen LogP) is 0.226. The van der Waals surface area contributed by atoms with E-state index in [1.807, 2.05) is 6.92 Å². The number of rotatable bonds is 3. The standard InChI is InChI=1S/C9H17NO4/c1-2-4-14-9(12)10-3-5-13-8(6-10)7-11/h8,11H,2-7H2,1H3. The van der Waals surface area contributed by atoms with Crippen LogP contribution in [0.2, 0.25) is 0 Å². The Morgan fingerprint density at radius 3 is 3.14 bits per heavy atom. The number of carbonyl (C=O) groups excluding carboxylic acids is 1. The average Bonchev–Trinajstić information content (AvgIpc) is 2.26. The van der Waals surface area contributed by atoms with Gasteiger partial charge >= 0.3 is 6.09 Å². The van der Waals surface area contributed by atoms with Gasteiger partial charge in [0.15, 0.2) is 0 Å². The van der Waals surface area contributed by atoms with Crippen LogP contribution in [0.1, 0.15) is 13.3 Å². The van der Waals surface area contributed by atoms with Crippen molar-refractivity contribution in [2.24, 2.45) is 0 Å². The molecule has 1 saturated heterocycles. The number of amides is 1. The Morgan fingerprint density at radius 2 is 2.50 bits per heavy atom. The van der Waals surface area contributed by atoms with Gasteiger partial charge in [-0.1, -0.05) is 6.92 Å². The molecule has 1 unspecified atom stereocenters. The van der Waals surface area contributed by atoms with Crippen molar-refractivity contribution in [3.05, 3.63) is 0 Å². The van der Waals surface area contributed by atoms with Gasteiger partial charge in [-0.2, -0.15) is 0 Å². The van der Waals surface area contributed by atoms with Crippen LogP contribution in [0.3, 0.4) is 0 Å². The molecule has 1 N–H and O–H groups in total. The molecule has 0 aromatic carbocycles. The number of carbonyl (C=O) groups is 1. The van der Waals surface area contributed by atoms with Gasteiger partial charge in [0.1, 0.15) is 0 Å². The van der Waals surface area contributed by atoms with Crippen molar-refractivity contribution in [2.45, 2.75) is 19.4 Å². The van der Waals surface area contributed by atoms with Gasteiger partial charge in [0.05, 0.1) is 32.5 Å². The monoisotopic (exact) mass is 203 g/mol. The maximum Gasteiger partial charge on any atom is 0.409 e. The minimum absolute atomic E-state index is 0.0580. The number of hydrogen-bond acceptors (Lipinski definition) is 4. The Morgan fingerprint density at radius 1 is 1.71 bits per heavy atom. The molecule has 5 heteroatoms. The van der Waals surface area contributed by atoms with Crippen LogP contribution in [0.5, 0.6) is 0 Å². The summed E-state index contributed by atoms with van der Waals surface area (Å²) in [4.78, 5) is 13.0. The quantitative estimate of drug-likeness (QED) is 0.713. The van der Waals surface area contributed by atoms with E-state index < -0.39 is 0 Å². The van der Waals surface area contributed by atoms with Gasteiger partial charge in [-0.25, -0.2) is 4.79 Å². The van der Waals surface area contributed by atoms with Crippen LogP contribution in [-0.4, -0.2) is 55.1 Å². The van der Waals surface area contributed by atoms with Crippen molar-refractivity contribution in [3.8, 4) is 0 Å². The van der Waals surface area contributed by atoms with Gasteiger partial charge in [-0.3, -0.25) is 0 Å². The highest BCUT2D eigenvalue weighted by Crippen LogP contribution is 2.06. The van der Waals surface area contributed by atoms with Crippen LogP contribution in [0, 0.1) is 0 Å². The summed E-state index contributed by atoms with van der Waals surface area (Å²) in [6.07, 6.45) is 0.242. The molecule has 0 aromatic rings. The lowest BCUT2D eigenvalue weighted by Gasteiger charge is -2.31. The molecule has 1 fully saturated rings. The van der Waals surface area contributed by atoms with E-state index in [1.54, 1.807) is 4.90 Å². The third-order valence-electron chi connectivity index (χ3n) is 2.03. The first-order valence-electron chi connectivity index (χ1n) is 4.92. The largest absolute Gasteiger partial charge is 0.449 e. The summed E-state index contributed by atoms with van der Waals surface area (Å²) in [6, 6.07) is 0. The van der Waals surface area contributed by atoms with E-state index in [-0.39, 0.29) is 18.8 Å². The highest BCUT2D eigenvalue weighted by molar-refractivity contribution is 5.67. The highest BCUT2D eigenvalue weighted by Gasteiger charge is 2.24. The molecule has 0 aliphatic carbocycles. The number of aliphatic hydroxyl groups is 1. The lowest BCUT2D eigenvalue weighted by Crippen LogP contribution is -2.47. The number of aliphatic hydroxyl groups excluding tert-OH is 1. The maximum atomic E-state index is 11.4. The molecule has 0 aromatic heterocycles. The van der Waals surface area contributed by atoms with Gasteiger partial charge < -0.3 is 19.5 Å². The van der Waals surface area contributed by atoms with E-state index in [0.717, 1.165) is 6.42 Å². The molecule has 1 aliphatic rings. The van der Waals surface area contributed by atoms with Gasteiger partial charge in [0, 0.05) is 6.54 Å². The third kappa shape index (κ3) is 3.16. The normalized spacial score (nSPS) is 22.1. The Balaban J connectivity index is 2.31. The third-order valence-corrected chi connectivity index (χ3v) is 2.03. The number of nitrogens with zero attached hydrogens (tertiary/aromatic N) is 1. The molecule has 0 saturated carbocycles. The molecular weight excluding hydrogens is 186 g/mol. The van der Waals surface area contributed by atoms with Crippen molar-refractivity contribution in [2.75, 3.05) is 32.9 Å². The Hall–Kier alpha value is -0.810. The smallest absolute Gasteiger partial charge is 0.409 e. The lowest BCUT2D eigenvalue weighted by molar-refractivity contribution is -0.0495. The zero-order chi connectivity index (χ0) is 10.4. The molecule has 1 rings (SSSR count). The highest BCUT2D eigenvalue weighted by atomic mass is 16.6. The maximum absolute atomic E-state index is 11.4.